The zero-order chi connectivity index (χ0) is 18.4. The largest absolute Gasteiger partial charge is 0.385 e. The standard InChI is InChI=1S/C21H29N3O/c1-21(2,3)16-6-8-18(9-7-16)23-20(25)14-15-22-17-10-12-19(13-11-17)24(4)5/h6-13,22H,14-15H2,1-5H3,(H,23,25). The second-order valence-electron chi connectivity index (χ2n) is 7.49. The molecule has 0 saturated heterocycles. The summed E-state index contributed by atoms with van der Waals surface area (Å²) in [7, 11) is 4.03. The van der Waals surface area contributed by atoms with Crippen LogP contribution in [0.4, 0.5) is 17.1 Å². The van der Waals surface area contributed by atoms with E-state index in [0.29, 0.717) is 13.0 Å². The Kier molecular flexibility index (Phi) is 6.07. The molecule has 0 bridgehead atoms. The number of hydrogen-bond donors (Lipinski definition) is 2. The van der Waals surface area contributed by atoms with Crippen molar-refractivity contribution in [3.63, 3.8) is 0 Å². The molecular formula is C21H29N3O. The molecule has 0 spiro atoms. The van der Waals surface area contributed by atoms with Gasteiger partial charge in [-0.25, -0.2) is 0 Å². The number of carbonyl (C=O) groups is 1. The predicted molar refractivity (Wildman–Crippen MR) is 108 cm³/mol. The Labute approximate surface area is 151 Å². The molecule has 0 aliphatic heterocycles. The molecule has 2 aromatic rings. The average Bonchev–Trinajstić information content (AvgIpc) is 2.55. The van der Waals surface area contributed by atoms with Gasteiger partial charge in [0.05, 0.1) is 0 Å². The first-order chi connectivity index (χ1) is 11.8. The predicted octanol–water partition coefficient (Wildman–Crippen LogP) is 4.49. The Balaban J connectivity index is 1.78. The molecule has 2 N–H and O–H groups in total. The zero-order valence-corrected chi connectivity index (χ0v) is 15.9. The summed E-state index contributed by atoms with van der Waals surface area (Å²) in [6.45, 7) is 7.14. The molecule has 25 heavy (non-hydrogen) atoms. The van der Waals surface area contributed by atoms with Crippen LogP contribution < -0.4 is 15.5 Å². The Morgan fingerprint density at radius 2 is 1.48 bits per heavy atom. The van der Waals surface area contributed by atoms with E-state index in [4.69, 9.17) is 0 Å². The maximum Gasteiger partial charge on any atom is 0.226 e. The van der Waals surface area contributed by atoms with Crippen LogP contribution in [-0.4, -0.2) is 26.5 Å². The maximum absolute atomic E-state index is 12.1. The lowest BCUT2D eigenvalue weighted by Crippen LogP contribution is -2.16. The van der Waals surface area contributed by atoms with E-state index in [0.717, 1.165) is 17.1 Å². The van der Waals surface area contributed by atoms with E-state index in [2.05, 4.69) is 60.6 Å². The molecule has 0 atom stereocenters. The van der Waals surface area contributed by atoms with E-state index in [9.17, 15) is 4.79 Å². The van der Waals surface area contributed by atoms with Gasteiger partial charge in [-0.05, 0) is 47.4 Å². The first kappa shape index (κ1) is 18.8. The summed E-state index contributed by atoms with van der Waals surface area (Å²) in [5.74, 6) is 0.0147. The molecule has 0 heterocycles. The number of carbonyl (C=O) groups excluding carboxylic acids is 1. The van der Waals surface area contributed by atoms with Gasteiger partial charge in [0.25, 0.3) is 0 Å². The highest BCUT2D eigenvalue weighted by Gasteiger charge is 2.13. The summed E-state index contributed by atoms with van der Waals surface area (Å²) in [5.41, 5.74) is 4.39. The number of amides is 1. The fourth-order valence-corrected chi connectivity index (χ4v) is 2.47. The normalized spacial score (nSPS) is 11.1. The molecule has 1 amide bonds. The van der Waals surface area contributed by atoms with Crippen molar-refractivity contribution in [2.24, 2.45) is 0 Å². The molecule has 0 aromatic heterocycles. The third kappa shape index (κ3) is 5.82. The molecule has 0 fully saturated rings. The van der Waals surface area contributed by atoms with E-state index in [1.54, 1.807) is 0 Å². The van der Waals surface area contributed by atoms with Gasteiger partial charge >= 0.3 is 0 Å². The lowest BCUT2D eigenvalue weighted by molar-refractivity contribution is -0.115. The van der Waals surface area contributed by atoms with E-state index >= 15 is 0 Å². The van der Waals surface area contributed by atoms with Gasteiger partial charge in [0, 0.05) is 44.1 Å². The molecule has 0 radical (unpaired) electrons. The average molecular weight is 339 g/mol. The molecule has 2 rings (SSSR count). The molecule has 2 aromatic carbocycles. The summed E-state index contributed by atoms with van der Waals surface area (Å²) in [6, 6.07) is 16.2. The van der Waals surface area contributed by atoms with Gasteiger partial charge in [-0.2, -0.15) is 0 Å². The number of rotatable bonds is 6. The summed E-state index contributed by atoms with van der Waals surface area (Å²) in [4.78, 5) is 14.1. The SMILES string of the molecule is CN(C)c1ccc(NCCC(=O)Nc2ccc(C(C)(C)C)cc2)cc1. The van der Waals surface area contributed by atoms with Gasteiger partial charge in [0.2, 0.25) is 5.91 Å². The highest BCUT2D eigenvalue weighted by molar-refractivity contribution is 5.91. The number of anilines is 3. The van der Waals surface area contributed by atoms with E-state index in [1.807, 2.05) is 38.4 Å². The lowest BCUT2D eigenvalue weighted by Gasteiger charge is -2.19. The van der Waals surface area contributed by atoms with Crippen LogP contribution in [0.3, 0.4) is 0 Å². The Hall–Kier alpha value is -2.49. The van der Waals surface area contributed by atoms with Crippen LogP contribution in [0.15, 0.2) is 48.5 Å². The number of nitrogens with zero attached hydrogens (tertiary/aromatic N) is 1. The fourth-order valence-electron chi connectivity index (χ4n) is 2.47. The fraction of sp³-hybridized carbons (Fsp3) is 0.381. The van der Waals surface area contributed by atoms with Gasteiger partial charge in [0.1, 0.15) is 0 Å². The smallest absolute Gasteiger partial charge is 0.226 e. The van der Waals surface area contributed by atoms with Gasteiger partial charge in [-0.15, -0.1) is 0 Å². The van der Waals surface area contributed by atoms with Crippen LogP contribution in [0.25, 0.3) is 0 Å². The first-order valence-corrected chi connectivity index (χ1v) is 8.67. The Morgan fingerprint density at radius 1 is 0.920 bits per heavy atom. The van der Waals surface area contributed by atoms with Crippen LogP contribution in [-0.2, 0) is 10.2 Å². The Bertz CT molecular complexity index is 683. The van der Waals surface area contributed by atoms with Crippen molar-refractivity contribution in [1.29, 1.82) is 0 Å². The number of benzene rings is 2. The molecule has 0 aliphatic carbocycles. The van der Waals surface area contributed by atoms with Crippen molar-refractivity contribution >= 4 is 23.0 Å². The summed E-state index contributed by atoms with van der Waals surface area (Å²) >= 11 is 0. The van der Waals surface area contributed by atoms with Crippen molar-refractivity contribution in [2.75, 3.05) is 36.2 Å². The molecule has 134 valence electrons. The van der Waals surface area contributed by atoms with Crippen LogP contribution in [0, 0.1) is 0 Å². The quantitative estimate of drug-likeness (QED) is 0.815. The van der Waals surface area contributed by atoms with Gasteiger partial charge in [-0.1, -0.05) is 32.9 Å². The van der Waals surface area contributed by atoms with Crippen LogP contribution in [0.5, 0.6) is 0 Å². The van der Waals surface area contributed by atoms with Gasteiger partial charge in [0.15, 0.2) is 0 Å². The zero-order valence-electron chi connectivity index (χ0n) is 15.9. The van der Waals surface area contributed by atoms with Crippen molar-refractivity contribution in [3.05, 3.63) is 54.1 Å². The first-order valence-electron chi connectivity index (χ1n) is 8.67. The van der Waals surface area contributed by atoms with Gasteiger partial charge < -0.3 is 15.5 Å². The van der Waals surface area contributed by atoms with Crippen LogP contribution >= 0.6 is 0 Å². The third-order valence-corrected chi connectivity index (χ3v) is 4.10. The second-order valence-corrected chi connectivity index (χ2v) is 7.49. The van der Waals surface area contributed by atoms with E-state index in [1.165, 1.54) is 5.56 Å². The summed E-state index contributed by atoms with van der Waals surface area (Å²) in [6.07, 6.45) is 0.427. The molecule has 0 saturated carbocycles. The summed E-state index contributed by atoms with van der Waals surface area (Å²) < 4.78 is 0. The molecule has 4 heteroatoms. The van der Waals surface area contributed by atoms with E-state index in [-0.39, 0.29) is 11.3 Å². The maximum atomic E-state index is 12.1. The van der Waals surface area contributed by atoms with E-state index < -0.39 is 0 Å². The van der Waals surface area contributed by atoms with Crippen molar-refractivity contribution in [1.82, 2.24) is 0 Å². The Morgan fingerprint density at radius 3 is 2.00 bits per heavy atom. The minimum atomic E-state index is 0.0147. The van der Waals surface area contributed by atoms with Crippen LogP contribution in [0.1, 0.15) is 32.8 Å². The number of nitrogens with one attached hydrogen (secondary N) is 2. The molecular weight excluding hydrogens is 310 g/mol. The second kappa shape index (κ2) is 8.06. The van der Waals surface area contributed by atoms with Crippen molar-refractivity contribution in [2.45, 2.75) is 32.6 Å². The minimum absolute atomic E-state index is 0.0147. The minimum Gasteiger partial charge on any atom is -0.385 e. The van der Waals surface area contributed by atoms with Crippen LogP contribution in [0.2, 0.25) is 0 Å². The van der Waals surface area contributed by atoms with Gasteiger partial charge in [-0.3, -0.25) is 4.79 Å². The third-order valence-electron chi connectivity index (χ3n) is 4.10. The monoisotopic (exact) mass is 339 g/mol. The number of hydrogen-bond acceptors (Lipinski definition) is 3. The molecule has 0 unspecified atom stereocenters. The van der Waals surface area contributed by atoms with Crippen molar-refractivity contribution in [3.8, 4) is 0 Å². The van der Waals surface area contributed by atoms with Crippen molar-refractivity contribution < 1.29 is 4.79 Å². The highest BCUT2D eigenvalue weighted by Crippen LogP contribution is 2.23. The summed E-state index contributed by atoms with van der Waals surface area (Å²) in [5, 5.41) is 6.22. The lowest BCUT2D eigenvalue weighted by atomic mass is 9.87. The molecule has 0 aliphatic rings. The highest BCUT2D eigenvalue weighted by atomic mass is 16.1. The molecule has 4 nitrogen and oxygen atoms in total. The topological polar surface area (TPSA) is 44.4 Å².